The molecule has 11 heteroatoms. The Hall–Kier alpha value is -2.69. The second-order valence-electron chi connectivity index (χ2n) is 6.22. The summed E-state index contributed by atoms with van der Waals surface area (Å²) in [6.07, 6.45) is 2.97. The summed E-state index contributed by atoms with van der Waals surface area (Å²) in [5.74, 6) is 0.556. The van der Waals surface area contributed by atoms with Crippen molar-refractivity contribution in [2.75, 3.05) is 11.1 Å². The van der Waals surface area contributed by atoms with Crippen LogP contribution in [0.1, 0.15) is 32.4 Å². The molecule has 0 aromatic carbocycles. The quantitative estimate of drug-likeness (QED) is 0.652. The minimum atomic E-state index is -0.252. The Morgan fingerprint density at radius 3 is 2.88 bits per heavy atom. The highest BCUT2D eigenvalue weighted by Crippen LogP contribution is 2.24. The molecule has 3 aromatic rings. The number of anilines is 1. The van der Waals surface area contributed by atoms with Gasteiger partial charge in [-0.1, -0.05) is 37.7 Å². The molecule has 0 aliphatic rings. The van der Waals surface area contributed by atoms with Crippen molar-refractivity contribution >= 4 is 23.6 Å². The molecule has 132 valence electrons. The third-order valence-electron chi connectivity index (χ3n) is 3.08. The van der Waals surface area contributed by atoms with E-state index in [1.54, 1.807) is 17.1 Å². The summed E-state index contributed by atoms with van der Waals surface area (Å²) in [7, 11) is 0. The number of hydrogen-bond donors (Lipinski definition) is 1. The van der Waals surface area contributed by atoms with Gasteiger partial charge >= 0.3 is 0 Å². The van der Waals surface area contributed by atoms with Gasteiger partial charge in [0.25, 0.3) is 5.22 Å². The molecular formula is C14H17N7O3S. The smallest absolute Gasteiger partial charge is 0.277 e. The van der Waals surface area contributed by atoms with E-state index in [0.717, 1.165) is 17.5 Å². The van der Waals surface area contributed by atoms with Gasteiger partial charge in [0.05, 0.1) is 11.4 Å². The summed E-state index contributed by atoms with van der Waals surface area (Å²) in [6, 6.07) is 1.71. The van der Waals surface area contributed by atoms with E-state index in [2.05, 4.69) is 30.8 Å². The molecule has 3 heterocycles. The first-order valence-corrected chi connectivity index (χ1v) is 8.43. The van der Waals surface area contributed by atoms with Crippen LogP contribution in [0.5, 0.6) is 0 Å². The lowest BCUT2D eigenvalue weighted by atomic mass is 9.92. The predicted molar refractivity (Wildman–Crippen MR) is 88.0 cm³/mol. The summed E-state index contributed by atoms with van der Waals surface area (Å²) < 4.78 is 12.1. The highest BCUT2D eigenvalue weighted by Gasteiger charge is 2.20. The van der Waals surface area contributed by atoms with Crippen molar-refractivity contribution in [3.63, 3.8) is 0 Å². The molecule has 1 N–H and O–H groups in total. The maximum absolute atomic E-state index is 12.0. The lowest BCUT2D eigenvalue weighted by Crippen LogP contribution is -2.14. The van der Waals surface area contributed by atoms with Crippen LogP contribution in [0.2, 0.25) is 0 Å². The van der Waals surface area contributed by atoms with Crippen LogP contribution < -0.4 is 5.32 Å². The number of carbonyl (C=O) groups excluding carboxylic acids is 1. The van der Waals surface area contributed by atoms with E-state index in [1.165, 1.54) is 6.33 Å². The topological polar surface area (TPSA) is 125 Å². The maximum atomic E-state index is 12.0. The predicted octanol–water partition coefficient (Wildman–Crippen LogP) is 1.73. The van der Waals surface area contributed by atoms with Crippen LogP contribution in [0, 0.1) is 0 Å². The number of carbonyl (C=O) groups is 1. The molecule has 0 atom stereocenters. The first-order valence-electron chi connectivity index (χ1n) is 7.45. The SMILES string of the molecule is CC(C)(C)c1cc(NC(=O)CSc2nnc(Cn3cncn3)o2)on1. The molecule has 10 nitrogen and oxygen atoms in total. The first-order chi connectivity index (χ1) is 11.9. The lowest BCUT2D eigenvalue weighted by molar-refractivity contribution is -0.113. The van der Waals surface area contributed by atoms with Crippen LogP contribution in [0.25, 0.3) is 0 Å². The standard InChI is InChI=1S/C14H17N7O3S/c1-14(2,3)9-4-11(24-20-9)17-10(22)6-25-13-19-18-12(23-13)5-21-8-15-7-16-21/h4,7-8H,5-6H2,1-3H3,(H,17,22). The van der Waals surface area contributed by atoms with Crippen LogP contribution >= 0.6 is 11.8 Å². The van der Waals surface area contributed by atoms with E-state index in [0.29, 0.717) is 23.5 Å². The van der Waals surface area contributed by atoms with E-state index in [9.17, 15) is 4.79 Å². The van der Waals surface area contributed by atoms with Gasteiger partial charge in [0.15, 0.2) is 0 Å². The molecule has 0 aliphatic heterocycles. The largest absolute Gasteiger partial charge is 0.414 e. The fourth-order valence-corrected chi connectivity index (χ4v) is 2.38. The zero-order valence-corrected chi connectivity index (χ0v) is 14.8. The first kappa shape index (κ1) is 17.1. The summed E-state index contributed by atoms with van der Waals surface area (Å²) >= 11 is 1.13. The highest BCUT2D eigenvalue weighted by atomic mass is 32.2. The Balaban J connectivity index is 1.49. The van der Waals surface area contributed by atoms with Gasteiger partial charge in [-0.2, -0.15) is 5.10 Å². The summed E-state index contributed by atoms with van der Waals surface area (Å²) in [5, 5.41) is 18.6. The molecule has 1 amide bonds. The van der Waals surface area contributed by atoms with Crippen LogP contribution in [0.3, 0.4) is 0 Å². The minimum Gasteiger partial charge on any atom is -0.414 e. The van der Waals surface area contributed by atoms with Crippen molar-refractivity contribution in [3.8, 4) is 0 Å². The molecule has 25 heavy (non-hydrogen) atoms. The molecule has 0 aliphatic carbocycles. The number of amides is 1. The van der Waals surface area contributed by atoms with Gasteiger partial charge in [0.2, 0.25) is 17.7 Å². The fraction of sp³-hybridized carbons (Fsp3) is 0.429. The van der Waals surface area contributed by atoms with Gasteiger partial charge in [-0.05, 0) is 0 Å². The van der Waals surface area contributed by atoms with Crippen molar-refractivity contribution < 1.29 is 13.7 Å². The molecular weight excluding hydrogens is 346 g/mol. The van der Waals surface area contributed by atoms with Crippen LogP contribution in [-0.2, 0) is 16.8 Å². The van der Waals surface area contributed by atoms with Gasteiger partial charge in [0, 0.05) is 11.5 Å². The van der Waals surface area contributed by atoms with Gasteiger partial charge in [0.1, 0.15) is 19.2 Å². The Morgan fingerprint density at radius 1 is 1.36 bits per heavy atom. The van der Waals surface area contributed by atoms with Crippen molar-refractivity contribution in [2.24, 2.45) is 0 Å². The number of aromatic nitrogens is 6. The Kier molecular flexibility index (Phi) is 4.83. The summed E-state index contributed by atoms with van der Waals surface area (Å²) in [4.78, 5) is 15.8. The van der Waals surface area contributed by atoms with Gasteiger partial charge in [-0.3, -0.25) is 10.1 Å². The molecule has 0 radical (unpaired) electrons. The highest BCUT2D eigenvalue weighted by molar-refractivity contribution is 7.99. The monoisotopic (exact) mass is 363 g/mol. The zero-order valence-electron chi connectivity index (χ0n) is 14.0. The van der Waals surface area contributed by atoms with Crippen LogP contribution in [-0.4, -0.2) is 41.8 Å². The Labute approximate surface area is 147 Å². The average Bonchev–Trinajstić information content (AvgIpc) is 3.26. The average molecular weight is 363 g/mol. The van der Waals surface area contributed by atoms with Crippen molar-refractivity contribution in [1.29, 1.82) is 0 Å². The Bertz CT molecular complexity index is 835. The van der Waals surface area contributed by atoms with E-state index >= 15 is 0 Å². The molecule has 0 saturated heterocycles. The van der Waals surface area contributed by atoms with Crippen molar-refractivity contribution in [2.45, 2.75) is 38.0 Å². The van der Waals surface area contributed by atoms with Crippen molar-refractivity contribution in [3.05, 3.63) is 30.3 Å². The summed E-state index contributed by atoms with van der Waals surface area (Å²) in [5.41, 5.74) is 0.621. The molecule has 0 bridgehead atoms. The minimum absolute atomic E-state index is 0.108. The fourth-order valence-electron chi connectivity index (χ4n) is 1.80. The zero-order chi connectivity index (χ0) is 17.9. The Morgan fingerprint density at radius 2 is 2.20 bits per heavy atom. The lowest BCUT2D eigenvalue weighted by Gasteiger charge is -2.12. The van der Waals surface area contributed by atoms with Crippen LogP contribution in [0.15, 0.2) is 32.9 Å². The van der Waals surface area contributed by atoms with E-state index < -0.39 is 0 Å². The number of nitrogens with one attached hydrogen (secondary N) is 1. The molecule has 3 rings (SSSR count). The second kappa shape index (κ2) is 7.05. The normalized spacial score (nSPS) is 11.6. The van der Waals surface area contributed by atoms with E-state index in [1.807, 2.05) is 20.8 Å². The molecule has 0 saturated carbocycles. The van der Waals surface area contributed by atoms with Gasteiger partial charge in [-0.25, -0.2) is 9.67 Å². The van der Waals surface area contributed by atoms with E-state index in [4.69, 9.17) is 8.94 Å². The van der Waals surface area contributed by atoms with Crippen molar-refractivity contribution in [1.82, 2.24) is 30.1 Å². The number of thioether (sulfide) groups is 1. The molecule has 0 fully saturated rings. The summed E-state index contributed by atoms with van der Waals surface area (Å²) in [6.45, 7) is 6.36. The molecule has 0 unspecified atom stereocenters. The second-order valence-corrected chi connectivity index (χ2v) is 7.14. The number of hydrogen-bond acceptors (Lipinski definition) is 9. The third kappa shape index (κ3) is 4.66. The third-order valence-corrected chi connectivity index (χ3v) is 3.90. The molecule has 0 spiro atoms. The van der Waals surface area contributed by atoms with Crippen LogP contribution in [0.4, 0.5) is 5.88 Å². The number of rotatable bonds is 6. The maximum Gasteiger partial charge on any atom is 0.277 e. The number of nitrogens with zero attached hydrogens (tertiary/aromatic N) is 6. The van der Waals surface area contributed by atoms with Gasteiger partial charge < -0.3 is 8.94 Å². The van der Waals surface area contributed by atoms with Gasteiger partial charge in [-0.15, -0.1) is 10.2 Å². The molecule has 3 aromatic heterocycles. The van der Waals surface area contributed by atoms with E-state index in [-0.39, 0.29) is 17.1 Å².